The van der Waals surface area contributed by atoms with E-state index in [2.05, 4.69) is 23.5 Å². The molecule has 0 fully saturated rings. The Bertz CT molecular complexity index is 624. The summed E-state index contributed by atoms with van der Waals surface area (Å²) in [5.74, 6) is 0.162. The Kier molecular flexibility index (Phi) is 9.77. The van der Waals surface area contributed by atoms with Gasteiger partial charge in [0.05, 0.1) is 13.2 Å². The first kappa shape index (κ1) is 21.4. The van der Waals surface area contributed by atoms with E-state index in [9.17, 15) is 18.4 Å². The molecule has 0 aromatic heterocycles. The van der Waals surface area contributed by atoms with Crippen molar-refractivity contribution >= 4 is 12.0 Å². The summed E-state index contributed by atoms with van der Waals surface area (Å²) in [7, 11) is 0. The van der Waals surface area contributed by atoms with Crippen LogP contribution in [0, 0.1) is 24.0 Å². The minimum absolute atomic E-state index is 0.0272. The van der Waals surface area contributed by atoms with Gasteiger partial charge in [0, 0.05) is 12.5 Å². The third-order valence-corrected chi connectivity index (χ3v) is 3.57. The maximum Gasteiger partial charge on any atom is 0.407 e. The van der Waals surface area contributed by atoms with Gasteiger partial charge in [-0.3, -0.25) is 4.79 Å². The Morgan fingerprint density at radius 3 is 2.50 bits per heavy atom. The predicted molar refractivity (Wildman–Crippen MR) is 94.3 cm³/mol. The number of unbranched alkanes of at least 4 members (excludes halogenated alkanes) is 3. The second kappa shape index (κ2) is 11.9. The van der Waals surface area contributed by atoms with E-state index in [-0.39, 0.29) is 25.1 Å². The number of carbonyl (C=O) groups excluding carboxylic acids is 2. The Hall–Kier alpha value is -2.62. The quantitative estimate of drug-likeness (QED) is 0.494. The number of hydrogen-bond acceptors (Lipinski definition) is 3. The van der Waals surface area contributed by atoms with Gasteiger partial charge >= 0.3 is 6.09 Å². The van der Waals surface area contributed by atoms with Gasteiger partial charge in [0.15, 0.2) is 0 Å². The molecule has 0 radical (unpaired) electrons. The highest BCUT2D eigenvalue weighted by Crippen LogP contribution is 2.10. The van der Waals surface area contributed by atoms with E-state index in [1.54, 1.807) is 0 Å². The smallest absolute Gasteiger partial charge is 0.407 e. The lowest BCUT2D eigenvalue weighted by Gasteiger charge is -2.18. The molecule has 0 saturated heterocycles. The number of nitrogens with one attached hydrogen (secondary N) is 2. The summed E-state index contributed by atoms with van der Waals surface area (Å²) in [6.45, 7) is 2.28. The Morgan fingerprint density at radius 2 is 1.88 bits per heavy atom. The van der Waals surface area contributed by atoms with Crippen molar-refractivity contribution in [3.63, 3.8) is 0 Å². The molecule has 1 rings (SSSR count). The fourth-order valence-corrected chi connectivity index (χ4v) is 2.31. The van der Waals surface area contributed by atoms with Gasteiger partial charge in [-0.1, -0.05) is 32.1 Å². The molecule has 0 saturated carbocycles. The summed E-state index contributed by atoms with van der Waals surface area (Å²) in [6.07, 6.45) is 8.02. The molecule has 0 unspecified atom stereocenters. The van der Waals surface area contributed by atoms with Crippen LogP contribution in [-0.4, -0.2) is 31.2 Å². The minimum atomic E-state index is -1.06. The molecule has 0 aliphatic rings. The first-order valence-electron chi connectivity index (χ1n) is 8.55. The number of alkyl carbamates (subject to hydrolysis) is 1. The van der Waals surface area contributed by atoms with Crippen molar-refractivity contribution < 1.29 is 23.1 Å². The van der Waals surface area contributed by atoms with Crippen molar-refractivity contribution in [1.29, 1.82) is 0 Å². The summed E-state index contributed by atoms with van der Waals surface area (Å²) in [4.78, 5) is 24.0. The van der Waals surface area contributed by atoms with Crippen molar-refractivity contribution in [2.45, 2.75) is 45.1 Å². The van der Waals surface area contributed by atoms with Crippen LogP contribution in [-0.2, 0) is 16.0 Å². The van der Waals surface area contributed by atoms with Crippen molar-refractivity contribution in [2.75, 3.05) is 13.2 Å². The predicted octanol–water partition coefficient (Wildman–Crippen LogP) is 2.93. The second-order valence-electron chi connectivity index (χ2n) is 5.80. The van der Waals surface area contributed by atoms with Crippen LogP contribution in [0.25, 0.3) is 0 Å². The van der Waals surface area contributed by atoms with Gasteiger partial charge in [0.25, 0.3) is 0 Å². The molecule has 1 atom stereocenters. The molecule has 0 bridgehead atoms. The maximum absolute atomic E-state index is 13.3. The van der Waals surface area contributed by atoms with Crippen LogP contribution in [0.3, 0.4) is 0 Å². The minimum Gasteiger partial charge on any atom is -0.450 e. The van der Waals surface area contributed by atoms with E-state index < -0.39 is 29.7 Å². The highest BCUT2D eigenvalue weighted by atomic mass is 19.1. The molecule has 26 heavy (non-hydrogen) atoms. The number of amides is 2. The summed E-state index contributed by atoms with van der Waals surface area (Å²) in [5, 5.41) is 4.86. The molecular formula is C19H24F2N2O3. The number of carbonyl (C=O) groups is 2. The highest BCUT2D eigenvalue weighted by Gasteiger charge is 2.22. The van der Waals surface area contributed by atoms with E-state index in [1.807, 2.05) is 0 Å². The van der Waals surface area contributed by atoms with Gasteiger partial charge in [0.2, 0.25) is 5.91 Å². The lowest BCUT2D eigenvalue weighted by Crippen LogP contribution is -2.48. The SMILES string of the molecule is C#CCNC(=O)[C@H](Cc1cc(F)cc(F)c1)NC(=O)OCCCCCC. The van der Waals surface area contributed by atoms with Gasteiger partial charge in [-0.15, -0.1) is 6.42 Å². The molecule has 7 heteroatoms. The van der Waals surface area contributed by atoms with Crippen LogP contribution in [0.1, 0.15) is 38.2 Å². The summed E-state index contributed by atoms with van der Waals surface area (Å²) in [5.41, 5.74) is 0.228. The van der Waals surface area contributed by atoms with Gasteiger partial charge in [0.1, 0.15) is 17.7 Å². The lowest BCUT2D eigenvalue weighted by atomic mass is 10.0. The number of halogens is 2. The first-order chi connectivity index (χ1) is 12.5. The molecule has 0 heterocycles. The topological polar surface area (TPSA) is 67.4 Å². The van der Waals surface area contributed by atoms with Crippen molar-refractivity contribution in [3.8, 4) is 12.3 Å². The zero-order valence-corrected chi connectivity index (χ0v) is 14.8. The molecule has 0 aliphatic heterocycles. The first-order valence-corrected chi connectivity index (χ1v) is 8.55. The largest absolute Gasteiger partial charge is 0.450 e. The summed E-state index contributed by atoms with van der Waals surface area (Å²) >= 11 is 0. The Balaban J connectivity index is 2.67. The summed E-state index contributed by atoms with van der Waals surface area (Å²) < 4.78 is 31.7. The fraction of sp³-hybridized carbons (Fsp3) is 0.474. The third-order valence-electron chi connectivity index (χ3n) is 3.57. The number of benzene rings is 1. The van der Waals surface area contributed by atoms with E-state index in [1.165, 1.54) is 0 Å². The van der Waals surface area contributed by atoms with E-state index in [4.69, 9.17) is 11.2 Å². The second-order valence-corrected chi connectivity index (χ2v) is 5.80. The number of terminal acetylenes is 1. The maximum atomic E-state index is 13.3. The number of ether oxygens (including phenoxy) is 1. The average molecular weight is 366 g/mol. The molecule has 1 aromatic rings. The zero-order chi connectivity index (χ0) is 19.4. The van der Waals surface area contributed by atoms with Crippen molar-refractivity contribution in [2.24, 2.45) is 0 Å². The van der Waals surface area contributed by atoms with Gasteiger partial charge < -0.3 is 15.4 Å². The van der Waals surface area contributed by atoms with Crippen LogP contribution < -0.4 is 10.6 Å². The lowest BCUT2D eigenvalue weighted by molar-refractivity contribution is -0.122. The molecule has 2 amide bonds. The fourth-order valence-electron chi connectivity index (χ4n) is 2.31. The van der Waals surface area contributed by atoms with Gasteiger partial charge in [-0.05, 0) is 24.1 Å². The Labute approximate surface area is 152 Å². The third kappa shape index (κ3) is 8.47. The molecular weight excluding hydrogens is 342 g/mol. The zero-order valence-electron chi connectivity index (χ0n) is 14.8. The standard InChI is InChI=1S/C19H24F2N2O3/c1-3-5-6-7-9-26-19(25)23-17(18(24)22-8-4-2)12-14-10-15(20)13-16(21)11-14/h2,10-11,13,17H,3,5-9,12H2,1H3,(H,22,24)(H,23,25)/t17-/m0/s1. The van der Waals surface area contributed by atoms with E-state index in [0.29, 0.717) is 0 Å². The average Bonchev–Trinajstić information content (AvgIpc) is 2.58. The van der Waals surface area contributed by atoms with Crippen LogP contribution >= 0.6 is 0 Å². The Morgan fingerprint density at radius 1 is 1.19 bits per heavy atom. The van der Waals surface area contributed by atoms with Gasteiger partial charge in [-0.25, -0.2) is 13.6 Å². The molecule has 0 spiro atoms. The number of rotatable bonds is 10. The monoisotopic (exact) mass is 366 g/mol. The molecule has 1 aromatic carbocycles. The summed E-state index contributed by atoms with van der Waals surface area (Å²) in [6, 6.07) is 1.87. The van der Waals surface area contributed by atoms with Crippen molar-refractivity contribution in [3.05, 3.63) is 35.4 Å². The number of hydrogen-bond donors (Lipinski definition) is 2. The molecule has 142 valence electrons. The van der Waals surface area contributed by atoms with Crippen LogP contribution in [0.5, 0.6) is 0 Å². The van der Waals surface area contributed by atoms with Crippen LogP contribution in [0.15, 0.2) is 18.2 Å². The van der Waals surface area contributed by atoms with Crippen LogP contribution in [0.2, 0.25) is 0 Å². The molecule has 2 N–H and O–H groups in total. The van der Waals surface area contributed by atoms with E-state index in [0.717, 1.165) is 43.9 Å². The van der Waals surface area contributed by atoms with Gasteiger partial charge in [-0.2, -0.15) is 0 Å². The van der Waals surface area contributed by atoms with Crippen molar-refractivity contribution in [1.82, 2.24) is 10.6 Å². The normalized spacial score (nSPS) is 11.3. The highest BCUT2D eigenvalue weighted by molar-refractivity contribution is 5.86. The van der Waals surface area contributed by atoms with E-state index >= 15 is 0 Å². The molecule has 0 aliphatic carbocycles. The molecule has 5 nitrogen and oxygen atoms in total. The van der Waals surface area contributed by atoms with Crippen LogP contribution in [0.4, 0.5) is 13.6 Å².